The predicted molar refractivity (Wildman–Crippen MR) is 156 cm³/mol. The van der Waals surface area contributed by atoms with Gasteiger partial charge in [0.25, 0.3) is 0 Å². The van der Waals surface area contributed by atoms with E-state index < -0.39 is 13.3 Å². The summed E-state index contributed by atoms with van der Waals surface area (Å²) in [5.74, 6) is 0.861. The molecule has 40 heavy (non-hydrogen) atoms. The van der Waals surface area contributed by atoms with Gasteiger partial charge in [-0.3, -0.25) is 4.98 Å². The first-order valence-electron chi connectivity index (χ1n) is 13.8. The van der Waals surface area contributed by atoms with Crippen LogP contribution in [0.1, 0.15) is 43.4 Å². The topological polar surface area (TPSA) is 63.2 Å². The van der Waals surface area contributed by atoms with E-state index in [-0.39, 0.29) is 5.41 Å². The molecule has 0 unspecified atom stereocenters. The number of ether oxygens (including phenoxy) is 1. The van der Waals surface area contributed by atoms with Gasteiger partial charge in [-0.05, 0) is 65.3 Å². The van der Waals surface area contributed by atoms with Crippen LogP contribution < -0.4 is 10.2 Å². The average molecular weight is 542 g/mol. The van der Waals surface area contributed by atoms with Gasteiger partial charge in [-0.25, -0.2) is 18.7 Å². The van der Waals surface area contributed by atoms with Crippen molar-refractivity contribution in [3.63, 3.8) is 0 Å². The number of benzene rings is 1. The maximum Gasteiger partial charge on any atom is 0.130 e. The average Bonchev–Trinajstić information content (AvgIpc) is 3.35. The van der Waals surface area contributed by atoms with Gasteiger partial charge in [0.2, 0.25) is 0 Å². The minimum absolute atomic E-state index is 0.00184. The Morgan fingerprint density at radius 2 is 1.82 bits per heavy atom. The third-order valence-corrected chi connectivity index (χ3v) is 7.91. The molecule has 3 aromatic heterocycles. The van der Waals surface area contributed by atoms with Crippen molar-refractivity contribution in [1.82, 2.24) is 15.0 Å². The molecule has 0 bridgehead atoms. The van der Waals surface area contributed by atoms with E-state index in [1.165, 1.54) is 5.57 Å². The van der Waals surface area contributed by atoms with Crippen molar-refractivity contribution in [2.45, 2.75) is 40.0 Å². The summed E-state index contributed by atoms with van der Waals surface area (Å²) in [6.07, 6.45) is 8.02. The number of pyridine rings is 3. The molecule has 2 aliphatic rings. The highest BCUT2D eigenvalue weighted by Gasteiger charge is 2.30. The fourth-order valence-electron chi connectivity index (χ4n) is 5.78. The van der Waals surface area contributed by atoms with Crippen LogP contribution in [0.2, 0.25) is 0 Å². The first kappa shape index (κ1) is 26.3. The van der Waals surface area contributed by atoms with Gasteiger partial charge in [0.05, 0.1) is 41.5 Å². The summed E-state index contributed by atoms with van der Waals surface area (Å²) < 4.78 is 33.7. The Kier molecular flexibility index (Phi) is 7.19. The van der Waals surface area contributed by atoms with Gasteiger partial charge in [-0.1, -0.05) is 26.0 Å². The molecule has 4 aromatic rings. The first-order valence-corrected chi connectivity index (χ1v) is 13.8. The number of morpholine rings is 1. The fraction of sp³-hybridized carbons (Fsp3) is 0.344. The zero-order valence-electron chi connectivity index (χ0n) is 22.9. The largest absolute Gasteiger partial charge is 0.378 e. The quantitative estimate of drug-likeness (QED) is 0.263. The molecule has 0 atom stereocenters. The van der Waals surface area contributed by atoms with Crippen LogP contribution >= 0.6 is 0 Å². The molecule has 1 N–H and O–H groups in total. The van der Waals surface area contributed by atoms with E-state index in [2.05, 4.69) is 41.2 Å². The van der Waals surface area contributed by atoms with Crippen molar-refractivity contribution < 1.29 is 13.5 Å². The number of aromatic nitrogens is 3. The van der Waals surface area contributed by atoms with Crippen molar-refractivity contribution in [2.24, 2.45) is 5.41 Å². The lowest BCUT2D eigenvalue weighted by molar-refractivity contribution is 0.122. The van der Waals surface area contributed by atoms with Crippen LogP contribution in [0.15, 0.2) is 60.9 Å². The third-order valence-electron chi connectivity index (χ3n) is 7.91. The standard InChI is InChI=1S/C32H33F2N5O/c1-32(2)8-5-6-24(32)23-20-36-30(39-10-12-40-13-11-39)17-26(23)37-29-16-27(25-7-3-4-9-35-25)38-28-15-21(18-33)14-22(19-34)31(28)29/h3-4,6-7,9,14-17,20H,5,8,10-13,18-19H2,1-2H3,(H,36,37,38). The van der Waals surface area contributed by atoms with Crippen LogP contribution in [0.25, 0.3) is 27.9 Å². The third kappa shape index (κ3) is 5.04. The number of alkyl halides is 2. The van der Waals surface area contributed by atoms with E-state index in [1.54, 1.807) is 18.3 Å². The molecule has 6 rings (SSSR count). The minimum Gasteiger partial charge on any atom is -0.378 e. The molecule has 1 aliphatic carbocycles. The summed E-state index contributed by atoms with van der Waals surface area (Å²) >= 11 is 0. The molecule has 6 nitrogen and oxygen atoms in total. The highest BCUT2D eigenvalue weighted by molar-refractivity contribution is 5.99. The Morgan fingerprint density at radius 1 is 0.975 bits per heavy atom. The molecule has 4 heterocycles. The second-order valence-electron chi connectivity index (χ2n) is 11.0. The Hall–Kier alpha value is -3.91. The van der Waals surface area contributed by atoms with Crippen LogP contribution in [0, 0.1) is 5.41 Å². The molecular formula is C32H33F2N5O. The van der Waals surface area contributed by atoms with Gasteiger partial charge in [0.15, 0.2) is 0 Å². The summed E-state index contributed by atoms with van der Waals surface area (Å²) in [7, 11) is 0. The monoisotopic (exact) mass is 541 g/mol. The molecular weight excluding hydrogens is 508 g/mol. The number of hydrogen-bond acceptors (Lipinski definition) is 6. The number of allylic oxidation sites excluding steroid dienone is 2. The van der Waals surface area contributed by atoms with E-state index >= 15 is 0 Å². The number of halogens is 2. The Morgan fingerprint density at radius 3 is 2.52 bits per heavy atom. The Balaban J connectivity index is 1.55. The number of anilines is 3. The Bertz CT molecular complexity index is 1570. The molecule has 1 aromatic carbocycles. The highest BCUT2D eigenvalue weighted by atomic mass is 19.1. The Labute approximate surface area is 233 Å². The lowest BCUT2D eigenvalue weighted by Gasteiger charge is -2.30. The molecule has 0 radical (unpaired) electrons. The van der Waals surface area contributed by atoms with Crippen LogP contribution in [0.3, 0.4) is 0 Å². The van der Waals surface area contributed by atoms with Crippen molar-refractivity contribution >= 4 is 33.7 Å². The van der Waals surface area contributed by atoms with Crippen LogP contribution in [-0.2, 0) is 18.1 Å². The number of hydrogen-bond donors (Lipinski definition) is 1. The molecule has 206 valence electrons. The van der Waals surface area contributed by atoms with Crippen LogP contribution in [0.5, 0.6) is 0 Å². The summed E-state index contributed by atoms with van der Waals surface area (Å²) in [5, 5.41) is 4.30. The van der Waals surface area contributed by atoms with Crippen LogP contribution in [0.4, 0.5) is 26.0 Å². The fourth-order valence-corrected chi connectivity index (χ4v) is 5.78. The molecule has 0 amide bonds. The molecule has 0 saturated carbocycles. The van der Waals surface area contributed by atoms with Crippen molar-refractivity contribution in [3.05, 3.63) is 77.6 Å². The molecule has 1 aliphatic heterocycles. The van der Waals surface area contributed by atoms with Gasteiger partial charge in [-0.15, -0.1) is 0 Å². The van der Waals surface area contributed by atoms with E-state index in [0.29, 0.717) is 52.3 Å². The highest BCUT2D eigenvalue weighted by Crippen LogP contribution is 2.47. The molecule has 0 spiro atoms. The molecule has 1 fully saturated rings. The van der Waals surface area contributed by atoms with Crippen LogP contribution in [-0.4, -0.2) is 41.3 Å². The second kappa shape index (κ2) is 10.9. The van der Waals surface area contributed by atoms with E-state index in [1.807, 2.05) is 30.5 Å². The van der Waals surface area contributed by atoms with Gasteiger partial charge in [-0.2, -0.15) is 0 Å². The van der Waals surface area contributed by atoms with Gasteiger partial charge < -0.3 is 15.0 Å². The maximum atomic E-state index is 14.4. The second-order valence-corrected chi connectivity index (χ2v) is 11.0. The van der Waals surface area contributed by atoms with Crippen molar-refractivity contribution in [3.8, 4) is 11.4 Å². The molecule has 1 saturated heterocycles. The predicted octanol–water partition coefficient (Wildman–Crippen LogP) is 7.41. The normalized spacial score (nSPS) is 16.8. The van der Waals surface area contributed by atoms with Crippen molar-refractivity contribution in [1.29, 1.82) is 0 Å². The van der Waals surface area contributed by atoms with Gasteiger partial charge in [0.1, 0.15) is 19.2 Å². The zero-order valence-corrected chi connectivity index (χ0v) is 22.9. The molecule has 8 heteroatoms. The summed E-state index contributed by atoms with van der Waals surface area (Å²) in [6.45, 7) is 5.93. The smallest absolute Gasteiger partial charge is 0.130 e. The number of nitrogens with zero attached hydrogens (tertiary/aromatic N) is 4. The summed E-state index contributed by atoms with van der Waals surface area (Å²) in [5.41, 5.74) is 6.47. The summed E-state index contributed by atoms with van der Waals surface area (Å²) in [6, 6.07) is 12.9. The van der Waals surface area contributed by atoms with Gasteiger partial charge in [0, 0.05) is 42.5 Å². The number of rotatable bonds is 7. The van der Waals surface area contributed by atoms with E-state index in [0.717, 1.165) is 43.0 Å². The van der Waals surface area contributed by atoms with E-state index in [4.69, 9.17) is 14.7 Å². The van der Waals surface area contributed by atoms with Crippen molar-refractivity contribution in [2.75, 3.05) is 36.5 Å². The maximum absolute atomic E-state index is 14.4. The number of fused-ring (bicyclic) bond motifs is 1. The lowest BCUT2D eigenvalue weighted by atomic mass is 9.82. The van der Waals surface area contributed by atoms with Gasteiger partial charge >= 0.3 is 0 Å². The van der Waals surface area contributed by atoms with E-state index in [9.17, 15) is 8.78 Å². The number of nitrogens with one attached hydrogen (secondary N) is 1. The zero-order chi connectivity index (χ0) is 27.7. The minimum atomic E-state index is -0.732. The summed E-state index contributed by atoms with van der Waals surface area (Å²) in [4.78, 5) is 16.4. The SMILES string of the molecule is CC1(C)CCC=C1c1cnc(N2CCOCC2)cc1Nc1cc(-c2ccccn2)nc2cc(CF)cc(CF)c12. The lowest BCUT2D eigenvalue weighted by Crippen LogP contribution is -2.36. The first-order chi connectivity index (χ1) is 19.5.